The molecule has 180 valence electrons. The van der Waals surface area contributed by atoms with E-state index in [1.807, 2.05) is 0 Å². The molecule has 0 radical (unpaired) electrons. The lowest BCUT2D eigenvalue weighted by Crippen LogP contribution is -2.50. The number of carbonyl (C=O) groups excluding carboxylic acids is 6. The maximum Gasteiger partial charge on any atom is 0.238 e. The van der Waals surface area contributed by atoms with Gasteiger partial charge in [-0.2, -0.15) is 0 Å². The molecule has 6 atom stereocenters. The normalized spacial score (nSPS) is 30.1. The van der Waals surface area contributed by atoms with Crippen molar-refractivity contribution in [1.29, 1.82) is 0 Å². The lowest BCUT2D eigenvalue weighted by molar-refractivity contribution is -0.256. The zero-order chi connectivity index (χ0) is 25.5. The summed E-state index contributed by atoms with van der Waals surface area (Å²) in [7, 11) is 0. The summed E-state index contributed by atoms with van der Waals surface area (Å²) in [4.78, 5) is 78.4. The summed E-state index contributed by atoms with van der Waals surface area (Å²) in [6.07, 6.45) is 3.40. The monoisotopic (exact) mass is 484 g/mol. The average molecular weight is 484 g/mol. The molecule has 2 aliphatic heterocycles. The van der Waals surface area contributed by atoms with Crippen LogP contribution in [0.3, 0.4) is 0 Å². The van der Waals surface area contributed by atoms with Crippen molar-refractivity contribution in [3.63, 3.8) is 0 Å². The van der Waals surface area contributed by atoms with Crippen molar-refractivity contribution in [1.82, 2.24) is 0 Å². The number of nitrogens with zero attached hydrogens (tertiary/aromatic N) is 2. The zero-order valence-electron chi connectivity index (χ0n) is 18.4. The van der Waals surface area contributed by atoms with E-state index in [9.17, 15) is 39.0 Å². The maximum atomic E-state index is 13.5. The van der Waals surface area contributed by atoms with Crippen LogP contribution in [-0.4, -0.2) is 35.6 Å². The first-order valence-corrected chi connectivity index (χ1v) is 11.3. The Kier molecular flexibility index (Phi) is 4.53. The zero-order valence-corrected chi connectivity index (χ0v) is 18.4. The Labute approximate surface area is 203 Å². The van der Waals surface area contributed by atoms with Gasteiger partial charge in [0.05, 0.1) is 47.0 Å². The van der Waals surface area contributed by atoms with Crippen LogP contribution in [0.15, 0.2) is 60.7 Å². The van der Waals surface area contributed by atoms with Gasteiger partial charge in [0.15, 0.2) is 0 Å². The van der Waals surface area contributed by atoms with Crippen LogP contribution in [0.4, 0.5) is 11.4 Å². The van der Waals surface area contributed by atoms with Gasteiger partial charge in [-0.3, -0.25) is 19.2 Å². The van der Waals surface area contributed by atoms with Gasteiger partial charge in [-0.15, -0.1) is 0 Å². The van der Waals surface area contributed by atoms with Crippen LogP contribution in [0.25, 0.3) is 0 Å². The van der Waals surface area contributed by atoms with E-state index >= 15 is 0 Å². The third-order valence-electron chi connectivity index (χ3n) is 7.69. The Morgan fingerprint density at radius 2 is 0.917 bits per heavy atom. The smallest absolute Gasteiger partial charge is 0.238 e. The van der Waals surface area contributed by atoms with E-state index in [1.165, 1.54) is 48.5 Å². The highest BCUT2D eigenvalue weighted by Crippen LogP contribution is 2.58. The number of anilines is 2. The summed E-state index contributed by atoms with van der Waals surface area (Å²) in [6.45, 7) is 0. The average Bonchev–Trinajstić information content (AvgIpc) is 3.31. The molecular formula is C26H16N2O8-2. The molecule has 7 rings (SSSR count). The van der Waals surface area contributed by atoms with Gasteiger partial charge in [-0.05, 0) is 35.4 Å². The lowest BCUT2D eigenvalue weighted by atomic mass is 9.54. The van der Waals surface area contributed by atoms with Crippen LogP contribution in [-0.2, 0) is 19.2 Å². The van der Waals surface area contributed by atoms with Crippen molar-refractivity contribution in [2.24, 2.45) is 35.5 Å². The number of allylic oxidation sites excluding steroid dienone is 2. The molecule has 4 amide bonds. The lowest BCUT2D eigenvalue weighted by Gasteiger charge is -2.44. The summed E-state index contributed by atoms with van der Waals surface area (Å²) < 4.78 is 0. The van der Waals surface area contributed by atoms with Gasteiger partial charge in [0.1, 0.15) is 0 Å². The third kappa shape index (κ3) is 2.78. The number of hydrogen-bond acceptors (Lipinski definition) is 8. The molecule has 2 heterocycles. The molecule has 0 spiro atoms. The van der Waals surface area contributed by atoms with Crippen LogP contribution in [0.1, 0.15) is 20.7 Å². The van der Waals surface area contributed by atoms with Crippen molar-refractivity contribution >= 4 is 46.9 Å². The molecule has 3 fully saturated rings. The van der Waals surface area contributed by atoms with Crippen molar-refractivity contribution < 1.29 is 39.0 Å². The summed E-state index contributed by atoms with van der Waals surface area (Å²) in [6, 6.07) is 10.6. The molecule has 2 bridgehead atoms. The highest BCUT2D eigenvalue weighted by Gasteiger charge is 2.68. The van der Waals surface area contributed by atoms with E-state index in [1.54, 1.807) is 12.2 Å². The van der Waals surface area contributed by atoms with Gasteiger partial charge in [-0.1, -0.05) is 36.4 Å². The van der Waals surface area contributed by atoms with E-state index in [0.717, 1.165) is 9.80 Å². The Hall–Kier alpha value is -4.60. The fourth-order valence-electron chi connectivity index (χ4n) is 6.28. The number of carbonyl (C=O) groups is 6. The SMILES string of the molecule is O=C([O-])c1cccc(N2C(=O)[C@@H]3C4C=CC([C@H]3C2=O)[C@@H]2C(=O)N(c3cccc(C(=O)[O-])c3)C(=O)[C@@H]42)c1. The van der Waals surface area contributed by atoms with Gasteiger partial charge in [0, 0.05) is 11.8 Å². The Bertz CT molecular complexity index is 1290. The van der Waals surface area contributed by atoms with E-state index in [4.69, 9.17) is 0 Å². The molecule has 10 nitrogen and oxygen atoms in total. The first kappa shape index (κ1) is 21.9. The summed E-state index contributed by atoms with van der Waals surface area (Å²) in [5.74, 6) is -10.1. The molecule has 10 heteroatoms. The quantitative estimate of drug-likeness (QED) is 0.401. The molecule has 2 aromatic carbocycles. The molecule has 2 aromatic rings. The molecule has 36 heavy (non-hydrogen) atoms. The van der Waals surface area contributed by atoms with Crippen molar-refractivity contribution in [3.8, 4) is 0 Å². The van der Waals surface area contributed by atoms with Crippen LogP contribution in [0.5, 0.6) is 0 Å². The van der Waals surface area contributed by atoms with Crippen molar-refractivity contribution in [2.45, 2.75) is 0 Å². The van der Waals surface area contributed by atoms with Crippen molar-refractivity contribution in [3.05, 3.63) is 71.8 Å². The molecule has 1 saturated carbocycles. The van der Waals surface area contributed by atoms with E-state index < -0.39 is 71.1 Å². The summed E-state index contributed by atoms with van der Waals surface area (Å²) >= 11 is 0. The number of amides is 4. The number of carboxylic acid groups (broad SMARTS) is 2. The second-order valence-corrected chi connectivity index (χ2v) is 9.34. The number of benzene rings is 2. The standard InChI is InChI=1S/C26H18N2O8/c29-21-17-15-7-8-16(18(17)22(30)27(21)13-5-1-3-11(9-13)25(33)34)20-19(15)23(31)28(24(20)32)14-6-2-4-12(10-14)26(35)36/h1-10,15-20H,(H,33,34)(H,35,36)/p-2/t15?,16?,17-,18-,19+,20+. The predicted octanol–water partition coefficient (Wildman–Crippen LogP) is -0.859. The van der Waals surface area contributed by atoms with Crippen LogP contribution < -0.4 is 20.0 Å². The Balaban J connectivity index is 1.38. The molecular weight excluding hydrogens is 468 g/mol. The first-order valence-electron chi connectivity index (χ1n) is 11.3. The van der Waals surface area contributed by atoms with Crippen LogP contribution in [0, 0.1) is 35.5 Å². The topological polar surface area (TPSA) is 155 Å². The fourth-order valence-corrected chi connectivity index (χ4v) is 6.28. The van der Waals surface area contributed by atoms with Gasteiger partial charge in [-0.25, -0.2) is 9.80 Å². The molecule has 5 aliphatic rings. The molecule has 2 unspecified atom stereocenters. The highest BCUT2D eigenvalue weighted by atomic mass is 16.4. The van der Waals surface area contributed by atoms with Gasteiger partial charge < -0.3 is 19.8 Å². The number of carboxylic acids is 2. The summed E-state index contributed by atoms with van der Waals surface area (Å²) in [5, 5.41) is 22.6. The second kappa shape index (κ2) is 7.45. The highest BCUT2D eigenvalue weighted by molar-refractivity contribution is 6.26. The first-order chi connectivity index (χ1) is 17.2. The minimum atomic E-state index is -1.45. The minimum absolute atomic E-state index is 0.0871. The molecule has 2 saturated heterocycles. The number of imide groups is 2. The second-order valence-electron chi connectivity index (χ2n) is 9.34. The number of hydrogen-bond donors (Lipinski definition) is 0. The van der Waals surface area contributed by atoms with E-state index in [0.29, 0.717) is 0 Å². The van der Waals surface area contributed by atoms with Crippen LogP contribution in [0.2, 0.25) is 0 Å². The molecule has 0 N–H and O–H groups in total. The van der Waals surface area contributed by atoms with Gasteiger partial charge in [0.25, 0.3) is 0 Å². The van der Waals surface area contributed by atoms with Crippen LogP contribution >= 0.6 is 0 Å². The largest absolute Gasteiger partial charge is 0.545 e. The van der Waals surface area contributed by atoms with Gasteiger partial charge in [0.2, 0.25) is 23.6 Å². The maximum absolute atomic E-state index is 13.5. The van der Waals surface area contributed by atoms with E-state index in [-0.39, 0.29) is 22.5 Å². The number of rotatable bonds is 4. The minimum Gasteiger partial charge on any atom is -0.545 e. The molecule has 3 aliphatic carbocycles. The molecule has 0 aromatic heterocycles. The Morgan fingerprint density at radius 1 is 0.583 bits per heavy atom. The predicted molar refractivity (Wildman–Crippen MR) is 117 cm³/mol. The summed E-state index contributed by atoms with van der Waals surface area (Å²) in [5.41, 5.74) is -0.213. The van der Waals surface area contributed by atoms with E-state index in [2.05, 4.69) is 0 Å². The Morgan fingerprint density at radius 3 is 1.22 bits per heavy atom. The third-order valence-corrected chi connectivity index (χ3v) is 7.69. The number of aromatic carboxylic acids is 2. The fraction of sp³-hybridized carbons (Fsp3) is 0.231. The van der Waals surface area contributed by atoms with Crippen molar-refractivity contribution in [2.75, 3.05) is 9.80 Å². The van der Waals surface area contributed by atoms with Gasteiger partial charge >= 0.3 is 0 Å².